The Morgan fingerprint density at radius 1 is 0.966 bits per heavy atom. The summed E-state index contributed by atoms with van der Waals surface area (Å²) in [6.45, 7) is 0. The number of halogens is 1. The van der Waals surface area contributed by atoms with Crippen molar-refractivity contribution in [1.29, 1.82) is 0 Å². The molecule has 2 aromatic carbocycles. The van der Waals surface area contributed by atoms with E-state index in [9.17, 15) is 14.4 Å². The first kappa shape index (κ1) is 19.2. The standard InChI is InChI=1S/C23H19ClN2O3/c24-16-11-9-15(10-12-16)21(14-5-2-1-3-6-14)26-23(29)18-13-17-19(25-22(18)28)7-4-8-20(17)27/h1-3,5-6,9-13,21H,4,7-8H2,(H,25,28)(H,26,29). The molecule has 146 valence electrons. The van der Waals surface area contributed by atoms with Gasteiger partial charge >= 0.3 is 0 Å². The van der Waals surface area contributed by atoms with Crippen LogP contribution in [0.5, 0.6) is 0 Å². The Balaban J connectivity index is 1.70. The van der Waals surface area contributed by atoms with Gasteiger partial charge in [-0.3, -0.25) is 14.4 Å². The molecule has 1 atom stereocenters. The van der Waals surface area contributed by atoms with E-state index in [1.165, 1.54) is 6.07 Å². The van der Waals surface area contributed by atoms with E-state index in [1.54, 1.807) is 12.1 Å². The van der Waals surface area contributed by atoms with Gasteiger partial charge in [-0.25, -0.2) is 0 Å². The first-order chi connectivity index (χ1) is 14.0. The van der Waals surface area contributed by atoms with Crippen LogP contribution in [0, 0.1) is 0 Å². The fraction of sp³-hybridized carbons (Fsp3) is 0.174. The van der Waals surface area contributed by atoms with Crippen LogP contribution in [0.2, 0.25) is 5.02 Å². The number of ketones is 1. The number of carbonyl (C=O) groups is 2. The van der Waals surface area contributed by atoms with E-state index in [0.29, 0.717) is 35.5 Å². The van der Waals surface area contributed by atoms with Gasteiger partial charge in [0.05, 0.1) is 6.04 Å². The van der Waals surface area contributed by atoms with E-state index in [-0.39, 0.29) is 11.3 Å². The molecular weight excluding hydrogens is 388 g/mol. The fourth-order valence-electron chi connectivity index (χ4n) is 3.61. The maximum Gasteiger partial charge on any atom is 0.261 e. The molecule has 1 unspecified atom stereocenters. The van der Waals surface area contributed by atoms with Crippen LogP contribution in [0.15, 0.2) is 65.5 Å². The van der Waals surface area contributed by atoms with Gasteiger partial charge in [0.25, 0.3) is 11.5 Å². The van der Waals surface area contributed by atoms with Crippen molar-refractivity contribution in [3.05, 3.63) is 104 Å². The van der Waals surface area contributed by atoms with Crippen LogP contribution >= 0.6 is 11.6 Å². The van der Waals surface area contributed by atoms with E-state index in [1.807, 2.05) is 42.5 Å². The smallest absolute Gasteiger partial charge is 0.261 e. The van der Waals surface area contributed by atoms with Gasteiger partial charge in [-0.05, 0) is 42.2 Å². The van der Waals surface area contributed by atoms with Crippen molar-refractivity contribution in [2.75, 3.05) is 0 Å². The molecule has 0 bridgehead atoms. The molecule has 0 spiro atoms. The van der Waals surface area contributed by atoms with Crippen molar-refractivity contribution >= 4 is 23.3 Å². The summed E-state index contributed by atoms with van der Waals surface area (Å²) in [7, 11) is 0. The normalized spacial score (nSPS) is 14.2. The predicted molar refractivity (Wildman–Crippen MR) is 112 cm³/mol. The molecule has 1 aliphatic carbocycles. The third kappa shape index (κ3) is 4.00. The van der Waals surface area contributed by atoms with Gasteiger partial charge < -0.3 is 10.3 Å². The summed E-state index contributed by atoms with van der Waals surface area (Å²) in [6, 6.07) is 17.6. The maximum absolute atomic E-state index is 13.0. The lowest BCUT2D eigenvalue weighted by Gasteiger charge is -2.21. The third-order valence-corrected chi connectivity index (χ3v) is 5.36. The number of aromatic nitrogens is 1. The lowest BCUT2D eigenvalue weighted by atomic mass is 9.93. The summed E-state index contributed by atoms with van der Waals surface area (Å²) in [5, 5.41) is 3.53. The highest BCUT2D eigenvalue weighted by atomic mass is 35.5. The number of nitrogens with one attached hydrogen (secondary N) is 2. The van der Waals surface area contributed by atoms with Gasteiger partial charge in [-0.1, -0.05) is 54.1 Å². The lowest BCUT2D eigenvalue weighted by molar-refractivity contribution is 0.0941. The Morgan fingerprint density at radius 2 is 1.66 bits per heavy atom. The number of H-pyrrole nitrogens is 1. The fourth-order valence-corrected chi connectivity index (χ4v) is 3.74. The number of pyridine rings is 1. The minimum atomic E-state index is -0.531. The zero-order valence-electron chi connectivity index (χ0n) is 15.6. The number of hydrogen-bond donors (Lipinski definition) is 2. The first-order valence-corrected chi connectivity index (χ1v) is 9.81. The van der Waals surface area contributed by atoms with Crippen LogP contribution in [0.1, 0.15) is 56.4 Å². The van der Waals surface area contributed by atoms with Gasteiger partial charge in [0, 0.05) is 22.7 Å². The molecule has 0 saturated heterocycles. The second-order valence-corrected chi connectivity index (χ2v) is 7.49. The number of carbonyl (C=O) groups excluding carboxylic acids is 2. The summed E-state index contributed by atoms with van der Waals surface area (Å²) >= 11 is 6.00. The predicted octanol–water partition coefficient (Wildman–Crippen LogP) is 4.07. The second kappa shape index (κ2) is 8.05. The van der Waals surface area contributed by atoms with E-state index in [4.69, 9.17) is 11.6 Å². The zero-order valence-corrected chi connectivity index (χ0v) is 16.3. The summed E-state index contributed by atoms with van der Waals surface area (Å²) in [5.41, 5.74) is 2.20. The second-order valence-electron chi connectivity index (χ2n) is 7.05. The molecule has 1 heterocycles. The first-order valence-electron chi connectivity index (χ1n) is 9.43. The molecule has 1 amide bonds. The molecule has 29 heavy (non-hydrogen) atoms. The largest absolute Gasteiger partial charge is 0.341 e. The number of benzene rings is 2. The zero-order chi connectivity index (χ0) is 20.4. The van der Waals surface area contributed by atoms with E-state index >= 15 is 0 Å². The Bertz CT molecular complexity index is 1120. The van der Waals surface area contributed by atoms with Crippen LogP contribution in [0.25, 0.3) is 0 Å². The Hall–Kier alpha value is -3.18. The van der Waals surface area contributed by atoms with Crippen LogP contribution in [-0.2, 0) is 6.42 Å². The maximum atomic E-state index is 13.0. The van der Waals surface area contributed by atoms with Crippen molar-refractivity contribution in [3.63, 3.8) is 0 Å². The van der Waals surface area contributed by atoms with E-state index < -0.39 is 17.5 Å². The van der Waals surface area contributed by atoms with Crippen LogP contribution in [-0.4, -0.2) is 16.7 Å². The van der Waals surface area contributed by atoms with Gasteiger partial charge in [0.15, 0.2) is 5.78 Å². The number of hydrogen-bond acceptors (Lipinski definition) is 3. The number of rotatable bonds is 4. The molecule has 3 aromatic rings. The van der Waals surface area contributed by atoms with E-state index in [2.05, 4.69) is 10.3 Å². The Labute approximate surface area is 172 Å². The third-order valence-electron chi connectivity index (χ3n) is 5.11. The molecule has 2 N–H and O–H groups in total. The SMILES string of the molecule is O=C1CCCc2[nH]c(=O)c(C(=O)NC(c3ccccc3)c3ccc(Cl)cc3)cc21. The number of amides is 1. The molecule has 0 fully saturated rings. The lowest BCUT2D eigenvalue weighted by Crippen LogP contribution is -2.34. The highest BCUT2D eigenvalue weighted by molar-refractivity contribution is 6.30. The van der Waals surface area contributed by atoms with Crippen LogP contribution < -0.4 is 10.9 Å². The summed E-state index contributed by atoms with van der Waals surface area (Å²) < 4.78 is 0. The highest BCUT2D eigenvalue weighted by Gasteiger charge is 2.24. The quantitative estimate of drug-likeness (QED) is 0.685. The van der Waals surface area contributed by atoms with Crippen LogP contribution in [0.3, 0.4) is 0 Å². The van der Waals surface area contributed by atoms with Gasteiger partial charge in [-0.2, -0.15) is 0 Å². The summed E-state index contributed by atoms with van der Waals surface area (Å²) in [4.78, 5) is 40.4. The molecular formula is C23H19ClN2O3. The van der Waals surface area contributed by atoms with Gasteiger partial charge in [0.1, 0.15) is 5.56 Å². The molecule has 5 nitrogen and oxygen atoms in total. The van der Waals surface area contributed by atoms with Crippen molar-refractivity contribution in [2.45, 2.75) is 25.3 Å². The molecule has 0 aliphatic heterocycles. The average molecular weight is 407 g/mol. The molecule has 4 rings (SSSR count). The van der Waals surface area contributed by atoms with Crippen LogP contribution in [0.4, 0.5) is 0 Å². The van der Waals surface area contributed by atoms with Gasteiger partial charge in [-0.15, -0.1) is 0 Å². The topological polar surface area (TPSA) is 79.0 Å². The summed E-state index contributed by atoms with van der Waals surface area (Å²) in [5.74, 6) is -0.579. The summed E-state index contributed by atoms with van der Waals surface area (Å²) in [6.07, 6.45) is 1.77. The number of aromatic amines is 1. The van der Waals surface area contributed by atoms with Crippen molar-refractivity contribution in [2.24, 2.45) is 0 Å². The minimum Gasteiger partial charge on any atom is -0.341 e. The molecule has 1 aliphatic rings. The van der Waals surface area contributed by atoms with E-state index in [0.717, 1.165) is 11.1 Å². The molecule has 0 saturated carbocycles. The molecule has 1 aromatic heterocycles. The molecule has 0 radical (unpaired) electrons. The average Bonchev–Trinajstić information content (AvgIpc) is 2.73. The number of fused-ring (bicyclic) bond motifs is 1. The Kier molecular flexibility index (Phi) is 5.32. The van der Waals surface area contributed by atoms with Crippen molar-refractivity contribution in [1.82, 2.24) is 10.3 Å². The van der Waals surface area contributed by atoms with Gasteiger partial charge in [0.2, 0.25) is 0 Å². The highest BCUT2D eigenvalue weighted by Crippen LogP contribution is 2.24. The monoisotopic (exact) mass is 406 g/mol. The number of Topliss-reactive ketones (excluding diaryl/α,β-unsaturated/α-hetero) is 1. The minimum absolute atomic E-state index is 0.0474. The Morgan fingerprint density at radius 3 is 2.38 bits per heavy atom. The molecule has 6 heteroatoms. The van der Waals surface area contributed by atoms with Crippen molar-refractivity contribution < 1.29 is 9.59 Å². The van der Waals surface area contributed by atoms with Crippen molar-refractivity contribution in [3.8, 4) is 0 Å². The number of aryl methyl sites for hydroxylation is 1.